The summed E-state index contributed by atoms with van der Waals surface area (Å²) in [5.41, 5.74) is 2.41. The molecule has 0 saturated carbocycles. The lowest BCUT2D eigenvalue weighted by molar-refractivity contribution is 0.461. The Kier molecular flexibility index (Phi) is 2.97. The molecule has 0 fully saturated rings. The van der Waals surface area contributed by atoms with Crippen molar-refractivity contribution in [2.45, 2.75) is 6.54 Å². The highest BCUT2D eigenvalue weighted by atomic mass is 16.1. The third-order valence-corrected chi connectivity index (χ3v) is 3.03. The van der Waals surface area contributed by atoms with Crippen molar-refractivity contribution in [1.29, 1.82) is 0 Å². The first-order valence-corrected chi connectivity index (χ1v) is 6.08. The van der Waals surface area contributed by atoms with Crippen LogP contribution < -0.4 is 0 Å². The summed E-state index contributed by atoms with van der Waals surface area (Å²) >= 11 is 0. The second-order valence-electron chi connectivity index (χ2n) is 4.31. The van der Waals surface area contributed by atoms with Gasteiger partial charge in [-0.15, -0.1) is 0 Å². The molecule has 3 heteroatoms. The van der Waals surface area contributed by atoms with Crippen molar-refractivity contribution in [1.82, 2.24) is 9.88 Å². The van der Waals surface area contributed by atoms with Gasteiger partial charge in [0.2, 0.25) is 0 Å². The normalized spacial score (nSPS) is 13.9. The van der Waals surface area contributed by atoms with E-state index in [1.807, 2.05) is 65.6 Å². The van der Waals surface area contributed by atoms with E-state index < -0.39 is 0 Å². The minimum Gasteiger partial charge on any atom is -0.333 e. The number of fused-ring (bicyclic) bond motifs is 1. The number of carbonyl (C=O) groups excluding carboxylic acids is 1. The van der Waals surface area contributed by atoms with Crippen LogP contribution in [0.2, 0.25) is 0 Å². The molecule has 0 N–H and O–H groups in total. The van der Waals surface area contributed by atoms with E-state index in [1.165, 1.54) is 0 Å². The molecule has 1 aliphatic rings. The van der Waals surface area contributed by atoms with Gasteiger partial charge in [0.05, 0.1) is 17.8 Å². The monoisotopic (exact) mass is 248 g/mol. The van der Waals surface area contributed by atoms with E-state index in [0.717, 1.165) is 16.6 Å². The number of benzene rings is 1. The van der Waals surface area contributed by atoms with Crippen molar-refractivity contribution in [3.8, 4) is 0 Å². The molecule has 3 nitrogen and oxygen atoms in total. The third-order valence-electron chi connectivity index (χ3n) is 3.03. The zero-order chi connectivity index (χ0) is 13.1. The maximum Gasteiger partial charge on any atom is 0.150 e. The zero-order valence-corrected chi connectivity index (χ0v) is 10.3. The SMILES string of the molecule is O=C=C1C=CC=CN1Cc1ccc2ccccc2n1. The van der Waals surface area contributed by atoms with Crippen molar-refractivity contribution in [3.63, 3.8) is 0 Å². The van der Waals surface area contributed by atoms with Crippen LogP contribution in [0.15, 0.2) is 66.5 Å². The van der Waals surface area contributed by atoms with Crippen molar-refractivity contribution in [3.05, 3.63) is 72.2 Å². The molecule has 0 bridgehead atoms. The number of nitrogens with zero attached hydrogens (tertiary/aromatic N) is 2. The number of aromatic nitrogens is 1. The fraction of sp³-hybridized carbons (Fsp3) is 0.0625. The molecule has 0 spiro atoms. The first kappa shape index (κ1) is 11.5. The van der Waals surface area contributed by atoms with Crippen molar-refractivity contribution >= 4 is 16.8 Å². The van der Waals surface area contributed by atoms with Crippen molar-refractivity contribution < 1.29 is 4.79 Å². The molecule has 0 aliphatic carbocycles. The average molecular weight is 248 g/mol. The Morgan fingerprint density at radius 3 is 2.89 bits per heavy atom. The molecule has 1 aromatic heterocycles. The van der Waals surface area contributed by atoms with Crippen LogP contribution in [0.1, 0.15) is 5.69 Å². The molecule has 0 amide bonds. The highest BCUT2D eigenvalue weighted by molar-refractivity contribution is 5.78. The second-order valence-corrected chi connectivity index (χ2v) is 4.31. The van der Waals surface area contributed by atoms with Gasteiger partial charge in [-0.3, -0.25) is 4.98 Å². The Morgan fingerprint density at radius 2 is 2.00 bits per heavy atom. The average Bonchev–Trinajstić information content (AvgIpc) is 2.48. The molecule has 1 aromatic carbocycles. The van der Waals surface area contributed by atoms with Crippen LogP contribution in [0, 0.1) is 0 Å². The van der Waals surface area contributed by atoms with Crippen LogP contribution in [0.3, 0.4) is 0 Å². The minimum atomic E-state index is 0.525. The van der Waals surface area contributed by atoms with Crippen LogP contribution >= 0.6 is 0 Å². The van der Waals surface area contributed by atoms with Crippen molar-refractivity contribution in [2.24, 2.45) is 0 Å². The molecule has 0 radical (unpaired) electrons. The van der Waals surface area contributed by atoms with Crippen molar-refractivity contribution in [2.75, 3.05) is 0 Å². The molecule has 1 aliphatic heterocycles. The standard InChI is InChI=1S/C16H12N2O/c19-12-15-6-3-4-10-18(15)11-14-9-8-13-5-1-2-7-16(13)17-14/h1-10H,11H2. The molecule has 0 atom stereocenters. The van der Waals surface area contributed by atoms with Crippen LogP contribution in [-0.4, -0.2) is 15.8 Å². The van der Waals surface area contributed by atoms with Crippen LogP contribution in [0.25, 0.3) is 10.9 Å². The predicted octanol–water partition coefficient (Wildman–Crippen LogP) is 2.84. The summed E-state index contributed by atoms with van der Waals surface area (Å²) in [5.74, 6) is 1.94. The van der Waals surface area contributed by atoms with E-state index in [-0.39, 0.29) is 0 Å². The minimum absolute atomic E-state index is 0.525. The molecule has 2 heterocycles. The van der Waals surface area contributed by atoms with Gasteiger partial charge in [0.15, 0.2) is 5.94 Å². The van der Waals surface area contributed by atoms with Gasteiger partial charge in [0.1, 0.15) is 5.70 Å². The largest absolute Gasteiger partial charge is 0.333 e. The van der Waals surface area contributed by atoms with Gasteiger partial charge in [-0.05, 0) is 24.3 Å². The quantitative estimate of drug-likeness (QED) is 0.766. The zero-order valence-electron chi connectivity index (χ0n) is 10.3. The molecule has 92 valence electrons. The number of allylic oxidation sites excluding steroid dienone is 3. The first-order valence-electron chi connectivity index (χ1n) is 6.08. The summed E-state index contributed by atoms with van der Waals surface area (Å²) in [5, 5.41) is 1.12. The van der Waals surface area contributed by atoms with Gasteiger partial charge in [-0.1, -0.05) is 30.3 Å². The number of rotatable bonds is 2. The highest BCUT2D eigenvalue weighted by Gasteiger charge is 2.09. The summed E-state index contributed by atoms with van der Waals surface area (Å²) in [7, 11) is 0. The van der Waals surface area contributed by atoms with E-state index in [0.29, 0.717) is 12.2 Å². The summed E-state index contributed by atoms with van der Waals surface area (Å²) in [6.07, 6.45) is 7.32. The number of pyridine rings is 1. The van der Waals surface area contributed by atoms with E-state index >= 15 is 0 Å². The smallest absolute Gasteiger partial charge is 0.150 e. The third kappa shape index (κ3) is 2.32. The van der Waals surface area contributed by atoms with Crippen LogP contribution in [0.5, 0.6) is 0 Å². The van der Waals surface area contributed by atoms with E-state index in [1.54, 1.807) is 6.08 Å². The first-order chi connectivity index (χ1) is 9.36. The van der Waals surface area contributed by atoms with Gasteiger partial charge in [0.25, 0.3) is 0 Å². The molecule has 2 aromatic rings. The Balaban J connectivity index is 1.91. The number of para-hydroxylation sites is 1. The molecular formula is C16H12N2O. The summed E-state index contributed by atoms with van der Waals surface area (Å²) in [4.78, 5) is 17.3. The molecule has 3 rings (SSSR count). The van der Waals surface area contributed by atoms with Crippen LogP contribution in [0.4, 0.5) is 0 Å². The Morgan fingerprint density at radius 1 is 1.11 bits per heavy atom. The lowest BCUT2D eigenvalue weighted by Gasteiger charge is -2.20. The maximum atomic E-state index is 10.9. The Labute approximate surface area is 111 Å². The predicted molar refractivity (Wildman–Crippen MR) is 74.8 cm³/mol. The van der Waals surface area contributed by atoms with Gasteiger partial charge < -0.3 is 4.90 Å². The Hall–Kier alpha value is -2.64. The fourth-order valence-corrected chi connectivity index (χ4v) is 2.08. The maximum absolute atomic E-state index is 10.9. The van der Waals surface area contributed by atoms with E-state index in [9.17, 15) is 4.79 Å². The summed E-state index contributed by atoms with van der Waals surface area (Å²) in [6.45, 7) is 0.566. The molecule has 0 saturated heterocycles. The van der Waals surface area contributed by atoms with Gasteiger partial charge in [-0.2, -0.15) is 0 Å². The fourth-order valence-electron chi connectivity index (χ4n) is 2.08. The second kappa shape index (κ2) is 4.92. The lowest BCUT2D eigenvalue weighted by atomic mass is 10.2. The van der Waals surface area contributed by atoms with Gasteiger partial charge in [-0.25, -0.2) is 4.79 Å². The Bertz CT molecular complexity index is 724. The molecule has 0 unspecified atom stereocenters. The van der Waals surface area contributed by atoms with E-state index in [2.05, 4.69) is 4.98 Å². The molecular weight excluding hydrogens is 236 g/mol. The van der Waals surface area contributed by atoms with Gasteiger partial charge in [0, 0.05) is 11.6 Å². The number of hydrogen-bond acceptors (Lipinski definition) is 3. The van der Waals surface area contributed by atoms with E-state index in [4.69, 9.17) is 0 Å². The number of hydrogen-bond donors (Lipinski definition) is 0. The van der Waals surface area contributed by atoms with Crippen LogP contribution in [-0.2, 0) is 11.3 Å². The lowest BCUT2D eigenvalue weighted by Crippen LogP contribution is -2.17. The van der Waals surface area contributed by atoms with Gasteiger partial charge >= 0.3 is 0 Å². The molecule has 19 heavy (non-hydrogen) atoms. The summed E-state index contributed by atoms with van der Waals surface area (Å²) < 4.78 is 0. The topological polar surface area (TPSA) is 33.2 Å². The highest BCUT2D eigenvalue weighted by Crippen LogP contribution is 2.16. The summed E-state index contributed by atoms with van der Waals surface area (Å²) in [6, 6.07) is 12.0.